The van der Waals surface area contributed by atoms with Gasteiger partial charge in [-0.25, -0.2) is 4.79 Å². The molecule has 0 N–H and O–H groups in total. The van der Waals surface area contributed by atoms with Gasteiger partial charge in [0.1, 0.15) is 0 Å². The first-order chi connectivity index (χ1) is 7.52. The van der Waals surface area contributed by atoms with Gasteiger partial charge in [-0.1, -0.05) is 25.1 Å². The molecule has 5 nitrogen and oxygen atoms in total. The van der Waals surface area contributed by atoms with Crippen molar-refractivity contribution in [3.05, 3.63) is 39.9 Å². The van der Waals surface area contributed by atoms with Gasteiger partial charge in [-0.15, -0.1) is 0 Å². The summed E-state index contributed by atoms with van der Waals surface area (Å²) in [5, 5.41) is 10.7. The molecule has 1 rings (SSSR count). The van der Waals surface area contributed by atoms with E-state index in [1.54, 1.807) is 25.1 Å². The lowest BCUT2D eigenvalue weighted by molar-refractivity contribution is -0.385. The molecule has 0 amide bonds. The highest BCUT2D eigenvalue weighted by Crippen LogP contribution is 2.26. The van der Waals surface area contributed by atoms with E-state index in [4.69, 9.17) is 11.6 Å². The van der Waals surface area contributed by atoms with Crippen LogP contribution in [0.2, 0.25) is 0 Å². The number of ether oxygens (including phenoxy) is 1. The van der Waals surface area contributed by atoms with Crippen molar-refractivity contribution in [3.63, 3.8) is 0 Å². The van der Waals surface area contributed by atoms with Crippen molar-refractivity contribution in [2.24, 2.45) is 0 Å². The van der Waals surface area contributed by atoms with Gasteiger partial charge in [-0.3, -0.25) is 10.1 Å². The normalized spacial score (nSPS) is 11.9. The summed E-state index contributed by atoms with van der Waals surface area (Å²) in [5.41, 5.74) is -0.378. The number of para-hydroxylation sites is 1. The first kappa shape index (κ1) is 12.4. The van der Waals surface area contributed by atoms with E-state index >= 15 is 0 Å². The van der Waals surface area contributed by atoms with Crippen molar-refractivity contribution in [3.8, 4) is 0 Å². The van der Waals surface area contributed by atoms with Crippen molar-refractivity contribution < 1.29 is 14.5 Å². The van der Waals surface area contributed by atoms with E-state index in [0.717, 1.165) is 0 Å². The number of hydrogen-bond donors (Lipinski definition) is 0. The van der Waals surface area contributed by atoms with Crippen molar-refractivity contribution >= 4 is 22.7 Å². The molecule has 0 spiro atoms. The molecule has 0 aliphatic carbocycles. The molecule has 6 heteroatoms. The third kappa shape index (κ3) is 3.20. The van der Waals surface area contributed by atoms with Gasteiger partial charge in [0.15, 0.2) is 0 Å². The van der Waals surface area contributed by atoms with Crippen LogP contribution in [0.4, 0.5) is 10.5 Å². The lowest BCUT2D eigenvalue weighted by Gasteiger charge is -2.10. The molecular weight excluding hydrogens is 234 g/mol. The Labute approximate surface area is 97.1 Å². The average molecular weight is 244 g/mol. The molecule has 0 aliphatic rings. The minimum Gasteiger partial charge on any atom is -0.453 e. The van der Waals surface area contributed by atoms with Crippen LogP contribution in [-0.4, -0.2) is 17.0 Å². The largest absolute Gasteiger partial charge is 0.453 e. The Hall–Kier alpha value is -1.62. The van der Waals surface area contributed by atoms with E-state index in [9.17, 15) is 14.9 Å². The Balaban J connectivity index is 2.85. The summed E-state index contributed by atoms with van der Waals surface area (Å²) in [6.07, 6.45) is 0. The first-order valence-electron chi connectivity index (χ1n) is 4.58. The molecule has 1 aromatic rings. The van der Waals surface area contributed by atoms with Gasteiger partial charge in [0.2, 0.25) is 0 Å². The topological polar surface area (TPSA) is 69.4 Å². The molecular formula is C10H10ClNO4. The zero-order valence-corrected chi connectivity index (χ0v) is 9.31. The van der Waals surface area contributed by atoms with Crippen LogP contribution in [0.1, 0.15) is 18.4 Å². The van der Waals surface area contributed by atoms with E-state index in [2.05, 4.69) is 4.74 Å². The second-order valence-electron chi connectivity index (χ2n) is 3.27. The van der Waals surface area contributed by atoms with E-state index < -0.39 is 10.4 Å². The fourth-order valence-electron chi connectivity index (χ4n) is 1.35. The van der Waals surface area contributed by atoms with Gasteiger partial charge >= 0.3 is 5.43 Å². The van der Waals surface area contributed by atoms with Crippen LogP contribution in [-0.2, 0) is 4.74 Å². The Kier molecular flexibility index (Phi) is 4.25. The third-order valence-electron chi connectivity index (χ3n) is 2.11. The molecule has 16 heavy (non-hydrogen) atoms. The van der Waals surface area contributed by atoms with Gasteiger partial charge in [0, 0.05) is 29.1 Å². The van der Waals surface area contributed by atoms with Gasteiger partial charge in [-0.05, 0) is 0 Å². The van der Waals surface area contributed by atoms with Crippen LogP contribution < -0.4 is 0 Å². The van der Waals surface area contributed by atoms with Crippen molar-refractivity contribution in [1.29, 1.82) is 0 Å². The second-order valence-corrected chi connectivity index (χ2v) is 3.57. The van der Waals surface area contributed by atoms with Crippen LogP contribution in [0.25, 0.3) is 0 Å². The summed E-state index contributed by atoms with van der Waals surface area (Å²) in [6, 6.07) is 6.32. The number of nitro benzene ring substituents is 1. The van der Waals surface area contributed by atoms with Crippen molar-refractivity contribution in [2.45, 2.75) is 12.8 Å². The number of carbonyl (C=O) groups is 1. The minimum absolute atomic E-state index is 0.0145. The van der Waals surface area contributed by atoms with E-state index in [1.807, 2.05) is 0 Å². The Morgan fingerprint density at radius 1 is 1.56 bits per heavy atom. The lowest BCUT2D eigenvalue weighted by atomic mass is 10.0. The molecule has 0 aromatic heterocycles. The molecule has 0 saturated carbocycles. The van der Waals surface area contributed by atoms with Crippen LogP contribution >= 0.6 is 11.6 Å². The first-order valence-corrected chi connectivity index (χ1v) is 4.95. The molecule has 0 saturated heterocycles. The molecule has 0 unspecified atom stereocenters. The summed E-state index contributed by atoms with van der Waals surface area (Å²) >= 11 is 5.02. The summed E-state index contributed by atoms with van der Waals surface area (Å²) in [6.45, 7) is 1.75. The molecule has 0 bridgehead atoms. The summed E-state index contributed by atoms with van der Waals surface area (Å²) in [7, 11) is 0. The van der Waals surface area contributed by atoms with Crippen LogP contribution in [0.15, 0.2) is 24.3 Å². The smallest absolute Gasteiger partial charge is 0.403 e. The van der Waals surface area contributed by atoms with Gasteiger partial charge in [0.25, 0.3) is 5.69 Å². The number of hydrogen-bond acceptors (Lipinski definition) is 4. The number of halogens is 1. The molecule has 0 heterocycles. The maximum absolute atomic E-state index is 10.7. The maximum Gasteiger partial charge on any atom is 0.403 e. The second kappa shape index (κ2) is 5.46. The fraction of sp³-hybridized carbons (Fsp3) is 0.300. The van der Waals surface area contributed by atoms with E-state index in [-0.39, 0.29) is 18.2 Å². The average Bonchev–Trinajstić information content (AvgIpc) is 2.25. The number of rotatable bonds is 4. The molecule has 1 atom stereocenters. The zero-order chi connectivity index (χ0) is 12.1. The Bertz CT molecular complexity index is 408. The van der Waals surface area contributed by atoms with Crippen LogP contribution in [0.5, 0.6) is 0 Å². The van der Waals surface area contributed by atoms with Crippen LogP contribution in [0.3, 0.4) is 0 Å². The SMILES string of the molecule is C[C@H](COC(=O)Cl)c1ccccc1[N+](=O)[O-]. The Morgan fingerprint density at radius 2 is 2.19 bits per heavy atom. The molecule has 0 fully saturated rings. The fourth-order valence-corrected chi connectivity index (χ4v) is 1.41. The summed E-state index contributed by atoms with van der Waals surface area (Å²) in [5.74, 6) is -0.274. The summed E-state index contributed by atoms with van der Waals surface area (Å²) in [4.78, 5) is 20.7. The third-order valence-corrected chi connectivity index (χ3v) is 2.22. The number of carbonyl (C=O) groups excluding carboxylic acids is 1. The molecule has 86 valence electrons. The monoisotopic (exact) mass is 243 g/mol. The van der Waals surface area contributed by atoms with Gasteiger partial charge in [-0.2, -0.15) is 0 Å². The minimum atomic E-state index is -0.912. The van der Waals surface area contributed by atoms with Gasteiger partial charge in [0.05, 0.1) is 11.5 Å². The van der Waals surface area contributed by atoms with E-state index in [1.165, 1.54) is 6.07 Å². The predicted molar refractivity (Wildman–Crippen MR) is 58.7 cm³/mol. The molecule has 0 aliphatic heterocycles. The number of nitrogens with zero attached hydrogens (tertiary/aromatic N) is 1. The van der Waals surface area contributed by atoms with Crippen molar-refractivity contribution in [2.75, 3.05) is 6.61 Å². The summed E-state index contributed by atoms with van der Waals surface area (Å²) < 4.78 is 4.60. The zero-order valence-electron chi connectivity index (χ0n) is 8.55. The molecule has 1 aromatic carbocycles. The van der Waals surface area contributed by atoms with E-state index in [0.29, 0.717) is 5.56 Å². The Morgan fingerprint density at radius 3 is 2.75 bits per heavy atom. The highest BCUT2D eigenvalue weighted by molar-refractivity contribution is 6.61. The highest BCUT2D eigenvalue weighted by atomic mass is 35.5. The lowest BCUT2D eigenvalue weighted by Crippen LogP contribution is -2.08. The van der Waals surface area contributed by atoms with Crippen molar-refractivity contribution in [1.82, 2.24) is 0 Å². The standard InChI is InChI=1S/C10H10ClNO4/c1-7(6-16-10(11)13)8-4-2-3-5-9(8)12(14)15/h2-5,7H,6H2,1H3/t7-/m1/s1. The highest BCUT2D eigenvalue weighted by Gasteiger charge is 2.18. The maximum atomic E-state index is 10.7. The number of nitro groups is 1. The predicted octanol–water partition coefficient (Wildman–Crippen LogP) is 3.07. The van der Waals surface area contributed by atoms with Gasteiger partial charge < -0.3 is 4.74 Å². The number of benzene rings is 1. The van der Waals surface area contributed by atoms with Crippen LogP contribution in [0, 0.1) is 10.1 Å². The quantitative estimate of drug-likeness (QED) is 0.463. The molecule has 0 radical (unpaired) electrons.